The third-order valence-corrected chi connectivity index (χ3v) is 6.93. The van der Waals surface area contributed by atoms with E-state index in [1.807, 2.05) is 30.9 Å². The Bertz CT molecular complexity index is 1140. The molecule has 10 heteroatoms. The van der Waals surface area contributed by atoms with Crippen LogP contribution in [0.2, 0.25) is 0 Å². The molecule has 0 atom stereocenters. The molecule has 2 aromatic heterocycles. The normalized spacial score (nSPS) is 15.5. The van der Waals surface area contributed by atoms with Crippen LogP contribution in [0, 0.1) is 19.7 Å². The van der Waals surface area contributed by atoms with E-state index in [0.29, 0.717) is 37.6 Å². The zero-order chi connectivity index (χ0) is 21.3. The Morgan fingerprint density at radius 3 is 2.27 bits per heavy atom. The molecule has 0 radical (unpaired) electrons. The van der Waals surface area contributed by atoms with Gasteiger partial charge < -0.3 is 4.90 Å². The fourth-order valence-corrected chi connectivity index (χ4v) is 5.08. The molecule has 1 aromatic carbocycles. The van der Waals surface area contributed by atoms with Gasteiger partial charge in [0.25, 0.3) is 0 Å². The minimum absolute atomic E-state index is 0.136. The Labute approximate surface area is 175 Å². The summed E-state index contributed by atoms with van der Waals surface area (Å²) in [6.45, 7) is 5.67. The van der Waals surface area contributed by atoms with Gasteiger partial charge in [0.2, 0.25) is 10.0 Å². The molecule has 4 rings (SSSR count). The molecule has 8 nitrogen and oxygen atoms in total. The molecular formula is C20H23FN6O2S. The van der Waals surface area contributed by atoms with Crippen molar-refractivity contribution in [1.82, 2.24) is 24.1 Å². The molecule has 0 spiro atoms. The van der Waals surface area contributed by atoms with Gasteiger partial charge in [-0.1, -0.05) is 12.1 Å². The summed E-state index contributed by atoms with van der Waals surface area (Å²) in [5, 5.41) is 4.45. The summed E-state index contributed by atoms with van der Waals surface area (Å²) in [6.07, 6.45) is 1.50. The Morgan fingerprint density at radius 1 is 0.967 bits per heavy atom. The number of sulfonamides is 1. The van der Waals surface area contributed by atoms with E-state index in [4.69, 9.17) is 0 Å². The molecule has 0 aliphatic carbocycles. The van der Waals surface area contributed by atoms with E-state index in [2.05, 4.69) is 15.1 Å². The summed E-state index contributed by atoms with van der Waals surface area (Å²) in [4.78, 5) is 10.7. The Morgan fingerprint density at radius 2 is 1.63 bits per heavy atom. The second kappa shape index (κ2) is 8.11. The minimum atomic E-state index is -3.47. The van der Waals surface area contributed by atoms with Gasteiger partial charge >= 0.3 is 0 Å². The van der Waals surface area contributed by atoms with Crippen LogP contribution < -0.4 is 4.90 Å². The van der Waals surface area contributed by atoms with Crippen molar-refractivity contribution in [2.24, 2.45) is 0 Å². The standard InChI is InChI=1S/C20H23FN6O2S/c1-15-11-16(2)27(24-15)20-12-19(22-14-23-20)25-7-9-26(10-8-25)30(28,29)13-17-3-5-18(21)6-4-17/h3-6,11-12,14H,7-10,13H2,1-2H3. The van der Waals surface area contributed by atoms with Crippen LogP contribution in [0.15, 0.2) is 42.7 Å². The van der Waals surface area contributed by atoms with E-state index in [1.54, 1.807) is 4.68 Å². The summed E-state index contributed by atoms with van der Waals surface area (Å²) in [6, 6.07) is 9.40. The van der Waals surface area contributed by atoms with Gasteiger partial charge in [0.05, 0.1) is 11.4 Å². The molecule has 158 valence electrons. The van der Waals surface area contributed by atoms with Crippen LogP contribution in [0.3, 0.4) is 0 Å². The first-order chi connectivity index (χ1) is 14.3. The zero-order valence-corrected chi connectivity index (χ0v) is 17.7. The lowest BCUT2D eigenvalue weighted by atomic mass is 10.2. The van der Waals surface area contributed by atoms with Gasteiger partial charge in [-0.05, 0) is 37.6 Å². The van der Waals surface area contributed by atoms with Crippen LogP contribution >= 0.6 is 0 Å². The number of aryl methyl sites for hydroxylation is 2. The van der Waals surface area contributed by atoms with E-state index < -0.39 is 10.0 Å². The van der Waals surface area contributed by atoms with E-state index in [0.717, 1.165) is 17.2 Å². The summed E-state index contributed by atoms with van der Waals surface area (Å²) in [7, 11) is -3.47. The molecule has 1 saturated heterocycles. The maximum Gasteiger partial charge on any atom is 0.218 e. The highest BCUT2D eigenvalue weighted by atomic mass is 32.2. The quantitative estimate of drug-likeness (QED) is 0.616. The number of aromatic nitrogens is 4. The largest absolute Gasteiger partial charge is 0.354 e. The number of halogens is 1. The second-order valence-corrected chi connectivity index (χ2v) is 9.31. The van der Waals surface area contributed by atoms with Crippen LogP contribution in [0.4, 0.5) is 10.2 Å². The first kappa shape index (κ1) is 20.4. The maximum atomic E-state index is 13.1. The lowest BCUT2D eigenvalue weighted by Gasteiger charge is -2.34. The summed E-state index contributed by atoms with van der Waals surface area (Å²) in [5.41, 5.74) is 2.46. The van der Waals surface area contributed by atoms with Crippen molar-refractivity contribution >= 4 is 15.8 Å². The molecule has 1 fully saturated rings. The van der Waals surface area contributed by atoms with E-state index in [-0.39, 0.29) is 11.6 Å². The van der Waals surface area contributed by atoms with Crippen LogP contribution in [-0.4, -0.2) is 58.7 Å². The average molecular weight is 431 g/mol. The van der Waals surface area contributed by atoms with Gasteiger partial charge in [-0.3, -0.25) is 0 Å². The van der Waals surface area contributed by atoms with Crippen molar-refractivity contribution in [2.75, 3.05) is 31.1 Å². The van der Waals surface area contributed by atoms with Crippen molar-refractivity contribution in [3.63, 3.8) is 0 Å². The monoisotopic (exact) mass is 430 g/mol. The third-order valence-electron chi connectivity index (χ3n) is 5.08. The van der Waals surface area contributed by atoms with Crippen LogP contribution in [-0.2, 0) is 15.8 Å². The van der Waals surface area contributed by atoms with E-state index >= 15 is 0 Å². The highest BCUT2D eigenvalue weighted by Gasteiger charge is 2.28. The van der Waals surface area contributed by atoms with E-state index in [1.165, 1.54) is 34.9 Å². The fourth-order valence-electron chi connectivity index (χ4n) is 3.56. The molecule has 30 heavy (non-hydrogen) atoms. The van der Waals surface area contributed by atoms with Crippen molar-refractivity contribution in [3.05, 3.63) is 65.5 Å². The lowest BCUT2D eigenvalue weighted by Crippen LogP contribution is -2.49. The highest BCUT2D eigenvalue weighted by Crippen LogP contribution is 2.20. The van der Waals surface area contributed by atoms with Gasteiger partial charge in [-0.2, -0.15) is 9.40 Å². The molecule has 0 unspecified atom stereocenters. The van der Waals surface area contributed by atoms with Crippen molar-refractivity contribution < 1.29 is 12.8 Å². The molecule has 0 bridgehead atoms. The average Bonchev–Trinajstić information content (AvgIpc) is 3.08. The third kappa shape index (κ3) is 4.34. The number of hydrogen-bond acceptors (Lipinski definition) is 6. The number of benzene rings is 1. The molecule has 0 amide bonds. The molecule has 3 aromatic rings. The van der Waals surface area contributed by atoms with Crippen molar-refractivity contribution in [2.45, 2.75) is 19.6 Å². The first-order valence-electron chi connectivity index (χ1n) is 9.65. The molecule has 1 aliphatic heterocycles. The predicted octanol–water partition coefficient (Wildman–Crippen LogP) is 2.07. The Balaban J connectivity index is 1.44. The number of rotatable bonds is 5. The molecule has 0 N–H and O–H groups in total. The molecular weight excluding hydrogens is 407 g/mol. The summed E-state index contributed by atoms with van der Waals surface area (Å²) < 4.78 is 41.8. The van der Waals surface area contributed by atoms with Crippen LogP contribution in [0.5, 0.6) is 0 Å². The van der Waals surface area contributed by atoms with Gasteiger partial charge in [-0.25, -0.2) is 27.5 Å². The number of piperazine rings is 1. The molecule has 3 heterocycles. The molecule has 1 aliphatic rings. The lowest BCUT2D eigenvalue weighted by molar-refractivity contribution is 0.383. The predicted molar refractivity (Wildman–Crippen MR) is 111 cm³/mol. The zero-order valence-electron chi connectivity index (χ0n) is 16.9. The van der Waals surface area contributed by atoms with Crippen LogP contribution in [0.1, 0.15) is 17.0 Å². The Hall–Kier alpha value is -2.85. The van der Waals surface area contributed by atoms with Crippen molar-refractivity contribution in [3.8, 4) is 5.82 Å². The van der Waals surface area contributed by atoms with Gasteiger partial charge in [0.1, 0.15) is 18.0 Å². The van der Waals surface area contributed by atoms with Gasteiger partial charge in [0.15, 0.2) is 5.82 Å². The first-order valence-corrected chi connectivity index (χ1v) is 11.3. The topological polar surface area (TPSA) is 84.2 Å². The highest BCUT2D eigenvalue weighted by molar-refractivity contribution is 7.88. The minimum Gasteiger partial charge on any atom is -0.354 e. The smallest absolute Gasteiger partial charge is 0.218 e. The fraction of sp³-hybridized carbons (Fsp3) is 0.350. The number of hydrogen-bond donors (Lipinski definition) is 0. The maximum absolute atomic E-state index is 13.1. The number of anilines is 1. The van der Waals surface area contributed by atoms with Gasteiger partial charge in [-0.15, -0.1) is 0 Å². The second-order valence-electron chi connectivity index (χ2n) is 7.34. The summed E-state index contributed by atoms with van der Waals surface area (Å²) >= 11 is 0. The van der Waals surface area contributed by atoms with Crippen molar-refractivity contribution in [1.29, 1.82) is 0 Å². The molecule has 0 saturated carbocycles. The Kier molecular flexibility index (Phi) is 5.52. The SMILES string of the molecule is Cc1cc(C)n(-c2cc(N3CCN(S(=O)(=O)Cc4ccc(F)cc4)CC3)ncn2)n1. The van der Waals surface area contributed by atoms with Gasteiger partial charge in [0, 0.05) is 37.9 Å². The number of nitrogens with zero attached hydrogens (tertiary/aromatic N) is 6. The van der Waals surface area contributed by atoms with E-state index in [9.17, 15) is 12.8 Å². The van der Waals surface area contributed by atoms with Crippen LogP contribution in [0.25, 0.3) is 5.82 Å². The summed E-state index contributed by atoms with van der Waals surface area (Å²) in [5.74, 6) is 0.901.